The molecule has 0 spiro atoms. The van der Waals surface area contributed by atoms with Gasteiger partial charge >= 0.3 is 5.69 Å². The highest BCUT2D eigenvalue weighted by Crippen LogP contribution is 2.27. The van der Waals surface area contributed by atoms with Crippen LogP contribution in [0.3, 0.4) is 0 Å². The van der Waals surface area contributed by atoms with Gasteiger partial charge in [-0.05, 0) is 17.5 Å². The predicted molar refractivity (Wildman–Crippen MR) is 72.1 cm³/mol. The number of ether oxygens (including phenoxy) is 2. The Labute approximate surface area is 112 Å². The van der Waals surface area contributed by atoms with Crippen molar-refractivity contribution in [1.82, 2.24) is 0 Å². The average Bonchev–Trinajstić information content (AvgIpc) is 2.38. The summed E-state index contributed by atoms with van der Waals surface area (Å²) in [6.45, 7) is 5.72. The highest BCUT2D eigenvalue weighted by Gasteiger charge is 2.15. The molecule has 0 amide bonds. The molecule has 0 saturated carbocycles. The van der Waals surface area contributed by atoms with Crippen LogP contribution < -0.4 is 10.5 Å². The first-order valence-corrected chi connectivity index (χ1v) is 6.22. The molecule has 0 fully saturated rings. The molecule has 0 aliphatic carbocycles. The molecule has 0 aliphatic rings. The molecule has 2 N–H and O–H groups in total. The number of nitrogens with two attached hydrogens (primary N) is 1. The van der Waals surface area contributed by atoms with Crippen molar-refractivity contribution in [3.05, 3.63) is 33.9 Å². The van der Waals surface area contributed by atoms with Crippen LogP contribution in [0.2, 0.25) is 0 Å². The van der Waals surface area contributed by atoms with E-state index in [-0.39, 0.29) is 24.6 Å². The van der Waals surface area contributed by atoms with E-state index >= 15 is 0 Å². The molecule has 0 atom stereocenters. The van der Waals surface area contributed by atoms with Crippen LogP contribution in [0.1, 0.15) is 19.4 Å². The lowest BCUT2D eigenvalue weighted by Gasteiger charge is -2.09. The Morgan fingerprint density at radius 3 is 2.68 bits per heavy atom. The highest BCUT2D eigenvalue weighted by atomic mass is 16.6. The number of rotatable bonds is 8. The first kappa shape index (κ1) is 15.4. The predicted octanol–water partition coefficient (Wildman–Crippen LogP) is 2.10. The van der Waals surface area contributed by atoms with Crippen LogP contribution in [0, 0.1) is 16.0 Å². The van der Waals surface area contributed by atoms with Crippen LogP contribution in [0.4, 0.5) is 5.69 Å². The van der Waals surface area contributed by atoms with Gasteiger partial charge in [-0.15, -0.1) is 0 Å². The first-order chi connectivity index (χ1) is 9.04. The van der Waals surface area contributed by atoms with E-state index < -0.39 is 4.92 Å². The lowest BCUT2D eigenvalue weighted by Crippen LogP contribution is -2.11. The van der Waals surface area contributed by atoms with E-state index in [0.29, 0.717) is 24.7 Å². The molecule has 0 bridgehead atoms. The molecule has 6 nitrogen and oxygen atoms in total. The van der Waals surface area contributed by atoms with E-state index in [1.54, 1.807) is 12.1 Å². The topological polar surface area (TPSA) is 87.6 Å². The van der Waals surface area contributed by atoms with E-state index in [9.17, 15) is 10.1 Å². The lowest BCUT2D eigenvalue weighted by atomic mass is 10.2. The van der Waals surface area contributed by atoms with Crippen molar-refractivity contribution in [2.24, 2.45) is 11.7 Å². The van der Waals surface area contributed by atoms with Crippen LogP contribution in [-0.2, 0) is 11.3 Å². The third-order valence-electron chi connectivity index (χ3n) is 2.39. The van der Waals surface area contributed by atoms with E-state index in [1.165, 1.54) is 6.07 Å². The van der Waals surface area contributed by atoms with Crippen molar-refractivity contribution < 1.29 is 14.4 Å². The van der Waals surface area contributed by atoms with Gasteiger partial charge in [0.05, 0.1) is 11.5 Å². The molecule has 106 valence electrons. The number of nitrogens with zero attached hydrogens (tertiary/aromatic N) is 1. The summed E-state index contributed by atoms with van der Waals surface area (Å²) in [5.41, 5.74) is 6.09. The third kappa shape index (κ3) is 5.23. The Morgan fingerprint density at radius 1 is 1.37 bits per heavy atom. The quantitative estimate of drug-likeness (QED) is 0.443. The van der Waals surface area contributed by atoms with Crippen LogP contribution in [0.5, 0.6) is 5.75 Å². The fourth-order valence-electron chi connectivity index (χ4n) is 1.48. The number of hydrogen-bond donors (Lipinski definition) is 1. The fraction of sp³-hybridized carbons (Fsp3) is 0.538. The maximum Gasteiger partial charge on any atom is 0.311 e. The standard InChI is InChI=1S/C13H20N2O4/c1-10(2)9-18-5-6-19-13-4-3-11(8-14)7-12(13)15(16)17/h3-4,7,10H,5-6,8-9,14H2,1-2H3. The normalized spacial score (nSPS) is 10.7. The van der Waals surface area contributed by atoms with Gasteiger partial charge in [0.2, 0.25) is 0 Å². The summed E-state index contributed by atoms with van der Waals surface area (Å²) >= 11 is 0. The number of nitro groups is 1. The molecule has 1 aromatic rings. The SMILES string of the molecule is CC(C)COCCOc1ccc(CN)cc1[N+](=O)[O-]. The highest BCUT2D eigenvalue weighted by molar-refractivity contribution is 5.48. The first-order valence-electron chi connectivity index (χ1n) is 6.22. The second-order valence-corrected chi connectivity index (χ2v) is 4.58. The van der Waals surface area contributed by atoms with Crippen molar-refractivity contribution in [2.45, 2.75) is 20.4 Å². The smallest absolute Gasteiger partial charge is 0.311 e. The molecule has 1 aromatic carbocycles. The zero-order chi connectivity index (χ0) is 14.3. The molecule has 0 saturated heterocycles. The van der Waals surface area contributed by atoms with Crippen LogP contribution in [0.25, 0.3) is 0 Å². The Hall–Kier alpha value is -1.66. The van der Waals surface area contributed by atoms with Crippen LogP contribution in [0.15, 0.2) is 18.2 Å². The van der Waals surface area contributed by atoms with Crippen LogP contribution >= 0.6 is 0 Å². The molecule has 0 aliphatic heterocycles. The average molecular weight is 268 g/mol. The van der Waals surface area contributed by atoms with Gasteiger partial charge in [-0.3, -0.25) is 10.1 Å². The van der Waals surface area contributed by atoms with E-state index in [0.717, 1.165) is 0 Å². The van der Waals surface area contributed by atoms with Gasteiger partial charge in [0, 0.05) is 19.2 Å². The van der Waals surface area contributed by atoms with Gasteiger partial charge in [0.15, 0.2) is 5.75 Å². The molecular formula is C13H20N2O4. The van der Waals surface area contributed by atoms with Gasteiger partial charge in [-0.2, -0.15) is 0 Å². The fourth-order valence-corrected chi connectivity index (χ4v) is 1.48. The van der Waals surface area contributed by atoms with Crippen molar-refractivity contribution in [3.8, 4) is 5.75 Å². The number of nitro benzene ring substituents is 1. The largest absolute Gasteiger partial charge is 0.484 e. The van der Waals surface area contributed by atoms with Gasteiger partial charge in [-0.25, -0.2) is 0 Å². The number of hydrogen-bond acceptors (Lipinski definition) is 5. The molecule has 0 aromatic heterocycles. The Morgan fingerprint density at radius 2 is 2.11 bits per heavy atom. The van der Waals surface area contributed by atoms with E-state index in [1.807, 2.05) is 0 Å². The summed E-state index contributed by atoms with van der Waals surface area (Å²) in [4.78, 5) is 10.5. The summed E-state index contributed by atoms with van der Waals surface area (Å²) in [7, 11) is 0. The lowest BCUT2D eigenvalue weighted by molar-refractivity contribution is -0.385. The van der Waals surface area contributed by atoms with Gasteiger partial charge in [-0.1, -0.05) is 19.9 Å². The second kappa shape index (κ2) is 7.70. The molecule has 0 radical (unpaired) electrons. The van der Waals surface area contributed by atoms with E-state index in [4.69, 9.17) is 15.2 Å². The summed E-state index contributed by atoms with van der Waals surface area (Å²) in [5.74, 6) is 0.702. The maximum absolute atomic E-state index is 10.9. The summed E-state index contributed by atoms with van der Waals surface area (Å²) < 4.78 is 10.7. The zero-order valence-electron chi connectivity index (χ0n) is 11.3. The minimum atomic E-state index is -0.469. The molecule has 0 unspecified atom stereocenters. The number of benzene rings is 1. The Kier molecular flexibility index (Phi) is 6.24. The minimum Gasteiger partial charge on any atom is -0.484 e. The van der Waals surface area contributed by atoms with Crippen molar-refractivity contribution in [3.63, 3.8) is 0 Å². The monoisotopic (exact) mass is 268 g/mol. The Bertz CT molecular complexity index is 421. The van der Waals surface area contributed by atoms with E-state index in [2.05, 4.69) is 13.8 Å². The summed E-state index contributed by atoms with van der Waals surface area (Å²) in [6, 6.07) is 4.73. The third-order valence-corrected chi connectivity index (χ3v) is 2.39. The molecule has 19 heavy (non-hydrogen) atoms. The molecular weight excluding hydrogens is 248 g/mol. The second-order valence-electron chi connectivity index (χ2n) is 4.58. The van der Waals surface area contributed by atoms with Gasteiger partial charge in [0.25, 0.3) is 0 Å². The van der Waals surface area contributed by atoms with Crippen LogP contribution in [-0.4, -0.2) is 24.7 Å². The van der Waals surface area contributed by atoms with Gasteiger partial charge < -0.3 is 15.2 Å². The summed E-state index contributed by atoms with van der Waals surface area (Å²) in [6.07, 6.45) is 0. The maximum atomic E-state index is 10.9. The van der Waals surface area contributed by atoms with Crippen molar-refractivity contribution in [1.29, 1.82) is 0 Å². The molecule has 6 heteroatoms. The van der Waals surface area contributed by atoms with Crippen molar-refractivity contribution in [2.75, 3.05) is 19.8 Å². The Balaban J connectivity index is 2.55. The molecule has 1 rings (SSSR count). The van der Waals surface area contributed by atoms with Crippen molar-refractivity contribution >= 4 is 5.69 Å². The van der Waals surface area contributed by atoms with Gasteiger partial charge in [0.1, 0.15) is 6.61 Å². The summed E-state index contributed by atoms with van der Waals surface area (Å²) in [5, 5.41) is 10.9. The zero-order valence-corrected chi connectivity index (χ0v) is 11.3. The minimum absolute atomic E-state index is 0.0631. The molecule has 0 heterocycles.